The maximum absolute atomic E-state index is 5.97. The second-order valence-corrected chi connectivity index (χ2v) is 3.88. The molecule has 0 aliphatic rings. The maximum atomic E-state index is 5.97. The molecule has 3 aromatic rings. The molecule has 0 atom stereocenters. The van der Waals surface area contributed by atoms with E-state index in [1.54, 1.807) is 6.20 Å². The number of H-pyrrole nitrogens is 1. The summed E-state index contributed by atoms with van der Waals surface area (Å²) in [5.41, 5.74) is 2.80. The molecule has 2 aromatic heterocycles. The number of aromatic amines is 1. The van der Waals surface area contributed by atoms with Gasteiger partial charge >= 0.3 is 0 Å². The van der Waals surface area contributed by atoms with E-state index < -0.39 is 0 Å². The lowest BCUT2D eigenvalue weighted by Crippen LogP contribution is -1.81. The minimum absolute atomic E-state index is 0.528. The average molecular weight is 230 g/mol. The SMILES string of the molecule is Clc1[nH]nc2ncc(-c3ccccc3)cc12. The Balaban J connectivity index is 2.22. The van der Waals surface area contributed by atoms with Crippen LogP contribution < -0.4 is 0 Å². The molecule has 0 aliphatic carbocycles. The van der Waals surface area contributed by atoms with Gasteiger partial charge in [-0.25, -0.2) is 4.98 Å². The predicted octanol–water partition coefficient (Wildman–Crippen LogP) is 3.28. The number of halogens is 1. The summed E-state index contributed by atoms with van der Waals surface area (Å²) in [4.78, 5) is 4.25. The number of pyridine rings is 1. The van der Waals surface area contributed by atoms with Crippen molar-refractivity contribution in [1.82, 2.24) is 15.2 Å². The Labute approximate surface area is 97.1 Å². The van der Waals surface area contributed by atoms with Crippen LogP contribution in [0.3, 0.4) is 0 Å². The summed E-state index contributed by atoms with van der Waals surface area (Å²) < 4.78 is 0. The van der Waals surface area contributed by atoms with Crippen molar-refractivity contribution in [2.75, 3.05) is 0 Å². The zero-order chi connectivity index (χ0) is 11.0. The van der Waals surface area contributed by atoms with Crippen molar-refractivity contribution in [3.05, 3.63) is 47.7 Å². The second-order valence-electron chi connectivity index (χ2n) is 3.50. The fourth-order valence-corrected chi connectivity index (χ4v) is 1.84. The number of hydrogen-bond donors (Lipinski definition) is 1. The third-order valence-corrected chi connectivity index (χ3v) is 2.76. The molecule has 0 saturated carbocycles. The highest BCUT2D eigenvalue weighted by molar-refractivity contribution is 6.34. The number of rotatable bonds is 1. The van der Waals surface area contributed by atoms with Crippen molar-refractivity contribution in [2.45, 2.75) is 0 Å². The molecule has 0 amide bonds. The van der Waals surface area contributed by atoms with Gasteiger partial charge in [-0.2, -0.15) is 5.10 Å². The summed E-state index contributed by atoms with van der Waals surface area (Å²) >= 11 is 5.97. The van der Waals surface area contributed by atoms with Gasteiger partial charge in [0.05, 0.1) is 5.39 Å². The van der Waals surface area contributed by atoms with Crippen molar-refractivity contribution in [1.29, 1.82) is 0 Å². The van der Waals surface area contributed by atoms with E-state index in [-0.39, 0.29) is 0 Å². The maximum Gasteiger partial charge on any atom is 0.182 e. The highest BCUT2D eigenvalue weighted by atomic mass is 35.5. The Morgan fingerprint density at radius 1 is 1.06 bits per heavy atom. The molecule has 3 nitrogen and oxygen atoms in total. The average Bonchev–Trinajstić information content (AvgIpc) is 2.72. The van der Waals surface area contributed by atoms with Gasteiger partial charge in [-0.15, -0.1) is 0 Å². The van der Waals surface area contributed by atoms with Gasteiger partial charge < -0.3 is 0 Å². The van der Waals surface area contributed by atoms with Crippen molar-refractivity contribution in [3.63, 3.8) is 0 Å². The lowest BCUT2D eigenvalue weighted by atomic mass is 10.1. The first-order valence-electron chi connectivity index (χ1n) is 4.89. The number of hydrogen-bond acceptors (Lipinski definition) is 2. The zero-order valence-corrected chi connectivity index (χ0v) is 9.07. The van der Waals surface area contributed by atoms with Crippen molar-refractivity contribution in [3.8, 4) is 11.1 Å². The quantitative estimate of drug-likeness (QED) is 0.696. The first kappa shape index (κ1) is 9.36. The second kappa shape index (κ2) is 3.61. The van der Waals surface area contributed by atoms with Crippen LogP contribution in [0, 0.1) is 0 Å². The molecule has 1 N–H and O–H groups in total. The highest BCUT2D eigenvalue weighted by Crippen LogP contribution is 2.25. The largest absolute Gasteiger partial charge is 0.264 e. The molecule has 4 heteroatoms. The molecule has 3 rings (SSSR count). The molecule has 0 unspecified atom stereocenters. The summed E-state index contributed by atoms with van der Waals surface area (Å²) in [6, 6.07) is 12.0. The van der Waals surface area contributed by atoms with Gasteiger partial charge in [0.2, 0.25) is 0 Å². The van der Waals surface area contributed by atoms with Crippen LogP contribution in [-0.4, -0.2) is 15.2 Å². The van der Waals surface area contributed by atoms with Crippen LogP contribution in [0.5, 0.6) is 0 Å². The normalized spacial score (nSPS) is 10.8. The molecule has 1 aromatic carbocycles. The van der Waals surface area contributed by atoms with Crippen molar-refractivity contribution < 1.29 is 0 Å². The van der Waals surface area contributed by atoms with Crippen LogP contribution in [0.4, 0.5) is 0 Å². The lowest BCUT2D eigenvalue weighted by Gasteiger charge is -1.99. The Bertz CT molecular complexity index is 631. The number of aromatic nitrogens is 3. The number of benzene rings is 1. The summed E-state index contributed by atoms with van der Waals surface area (Å²) in [6.45, 7) is 0. The Morgan fingerprint density at radius 2 is 1.88 bits per heavy atom. The van der Waals surface area contributed by atoms with E-state index in [4.69, 9.17) is 11.6 Å². The van der Waals surface area contributed by atoms with E-state index in [2.05, 4.69) is 15.2 Å². The molecular formula is C12H8ClN3. The summed E-state index contributed by atoms with van der Waals surface area (Å²) in [5.74, 6) is 0. The number of nitrogens with one attached hydrogen (secondary N) is 1. The third kappa shape index (κ3) is 1.46. The monoisotopic (exact) mass is 229 g/mol. The Morgan fingerprint density at radius 3 is 2.69 bits per heavy atom. The van der Waals surface area contributed by atoms with Crippen LogP contribution in [0.25, 0.3) is 22.2 Å². The number of fused-ring (bicyclic) bond motifs is 1. The van der Waals surface area contributed by atoms with Crippen molar-refractivity contribution in [2.24, 2.45) is 0 Å². The van der Waals surface area contributed by atoms with E-state index >= 15 is 0 Å². The van der Waals surface area contributed by atoms with Crippen LogP contribution >= 0.6 is 11.6 Å². The van der Waals surface area contributed by atoms with E-state index in [0.717, 1.165) is 16.5 Å². The van der Waals surface area contributed by atoms with Crippen LogP contribution in [0.1, 0.15) is 0 Å². The summed E-state index contributed by atoms with van der Waals surface area (Å²) in [5, 5.41) is 8.07. The topological polar surface area (TPSA) is 41.6 Å². The molecular weight excluding hydrogens is 222 g/mol. The fraction of sp³-hybridized carbons (Fsp3) is 0. The molecule has 0 radical (unpaired) electrons. The predicted molar refractivity (Wildman–Crippen MR) is 64.3 cm³/mol. The molecule has 0 fully saturated rings. The third-order valence-electron chi connectivity index (χ3n) is 2.47. The van der Waals surface area contributed by atoms with Gasteiger partial charge in [-0.3, -0.25) is 5.10 Å². The first-order valence-corrected chi connectivity index (χ1v) is 5.27. The van der Waals surface area contributed by atoms with E-state index in [1.165, 1.54) is 0 Å². The molecule has 0 aliphatic heterocycles. The van der Waals surface area contributed by atoms with Crippen molar-refractivity contribution >= 4 is 22.6 Å². The smallest absolute Gasteiger partial charge is 0.182 e. The summed E-state index contributed by atoms with van der Waals surface area (Å²) in [6.07, 6.45) is 1.80. The van der Waals surface area contributed by atoms with E-state index in [0.29, 0.717) is 10.8 Å². The fourth-order valence-electron chi connectivity index (χ4n) is 1.66. The van der Waals surface area contributed by atoms with Gasteiger partial charge in [0, 0.05) is 11.8 Å². The van der Waals surface area contributed by atoms with Gasteiger partial charge in [0.25, 0.3) is 0 Å². The minimum Gasteiger partial charge on any atom is -0.264 e. The van der Waals surface area contributed by atoms with Gasteiger partial charge in [-0.05, 0) is 11.6 Å². The Kier molecular flexibility index (Phi) is 2.11. The van der Waals surface area contributed by atoms with Crippen LogP contribution in [-0.2, 0) is 0 Å². The Hall–Kier alpha value is -1.87. The molecule has 78 valence electrons. The molecule has 2 heterocycles. The van der Waals surface area contributed by atoms with E-state index in [1.807, 2.05) is 36.4 Å². The summed E-state index contributed by atoms with van der Waals surface area (Å²) in [7, 11) is 0. The van der Waals surface area contributed by atoms with Gasteiger partial charge in [0.15, 0.2) is 5.65 Å². The van der Waals surface area contributed by atoms with E-state index in [9.17, 15) is 0 Å². The number of nitrogens with zero attached hydrogens (tertiary/aromatic N) is 2. The molecule has 0 spiro atoms. The lowest BCUT2D eigenvalue weighted by molar-refractivity contribution is 1.10. The van der Waals surface area contributed by atoms with Crippen LogP contribution in [0.15, 0.2) is 42.6 Å². The molecule has 0 saturated heterocycles. The first-order chi connectivity index (χ1) is 7.84. The molecule has 0 bridgehead atoms. The van der Waals surface area contributed by atoms with Gasteiger partial charge in [0.1, 0.15) is 5.15 Å². The highest BCUT2D eigenvalue weighted by Gasteiger charge is 2.05. The molecule has 16 heavy (non-hydrogen) atoms. The zero-order valence-electron chi connectivity index (χ0n) is 8.31. The van der Waals surface area contributed by atoms with Gasteiger partial charge in [-0.1, -0.05) is 41.9 Å². The standard InChI is InChI=1S/C12H8ClN3/c13-11-10-6-9(7-14-12(10)16-15-11)8-4-2-1-3-5-8/h1-7H,(H,14,15,16). The van der Waals surface area contributed by atoms with Crippen LogP contribution in [0.2, 0.25) is 5.15 Å². The minimum atomic E-state index is 0.528.